The minimum atomic E-state index is -0.295. The molecule has 1 heterocycles. The van der Waals surface area contributed by atoms with Crippen LogP contribution in [0.4, 0.5) is 4.39 Å². The molecule has 2 aromatic rings. The van der Waals surface area contributed by atoms with Crippen LogP contribution in [0.2, 0.25) is 0 Å². The van der Waals surface area contributed by atoms with E-state index in [4.69, 9.17) is 10.5 Å². The second kappa shape index (κ2) is 4.72. The molecule has 1 aromatic carbocycles. The highest BCUT2D eigenvalue weighted by Crippen LogP contribution is 2.19. The summed E-state index contributed by atoms with van der Waals surface area (Å²) in [4.78, 5) is 4.17. The molecule has 0 saturated heterocycles. The minimum absolute atomic E-state index is 0.295. The van der Waals surface area contributed by atoms with Crippen LogP contribution in [0.25, 0.3) is 0 Å². The van der Waals surface area contributed by atoms with Gasteiger partial charge in [0.25, 0.3) is 0 Å². The van der Waals surface area contributed by atoms with E-state index < -0.39 is 0 Å². The van der Waals surface area contributed by atoms with Crippen molar-refractivity contribution in [3.8, 4) is 11.6 Å². The predicted molar refractivity (Wildman–Crippen MR) is 58.6 cm³/mol. The molecule has 0 atom stereocenters. The molecule has 0 amide bonds. The normalized spacial score (nSPS) is 10.1. The van der Waals surface area contributed by atoms with Gasteiger partial charge >= 0.3 is 0 Å². The molecule has 0 spiro atoms. The molecule has 0 aliphatic rings. The van der Waals surface area contributed by atoms with Crippen molar-refractivity contribution in [1.82, 2.24) is 4.98 Å². The van der Waals surface area contributed by atoms with Crippen LogP contribution in [0.5, 0.6) is 11.6 Å². The summed E-state index contributed by atoms with van der Waals surface area (Å²) >= 11 is 0. The zero-order chi connectivity index (χ0) is 11.4. The Balaban J connectivity index is 2.16. The van der Waals surface area contributed by atoms with E-state index in [0.29, 0.717) is 18.2 Å². The Labute approximate surface area is 92.7 Å². The number of aromatic nitrogens is 1. The number of pyridine rings is 1. The Bertz CT molecular complexity index is 471. The maximum absolute atomic E-state index is 12.7. The van der Waals surface area contributed by atoms with Crippen LogP contribution in [0.3, 0.4) is 0 Å². The quantitative estimate of drug-likeness (QED) is 0.860. The Morgan fingerprint density at radius 2 is 1.88 bits per heavy atom. The van der Waals surface area contributed by atoms with E-state index in [2.05, 4.69) is 4.98 Å². The fourth-order valence-electron chi connectivity index (χ4n) is 1.25. The van der Waals surface area contributed by atoms with Crippen LogP contribution in [0.1, 0.15) is 5.69 Å². The third kappa shape index (κ3) is 2.55. The molecule has 0 aliphatic heterocycles. The Morgan fingerprint density at radius 3 is 2.56 bits per heavy atom. The first kappa shape index (κ1) is 10.6. The molecule has 0 saturated carbocycles. The number of nitrogens with two attached hydrogens (primary N) is 1. The van der Waals surface area contributed by atoms with E-state index in [1.54, 1.807) is 18.2 Å². The molecular weight excluding hydrogens is 207 g/mol. The lowest BCUT2D eigenvalue weighted by Crippen LogP contribution is -2.00. The molecule has 2 N–H and O–H groups in total. The monoisotopic (exact) mass is 218 g/mol. The van der Waals surface area contributed by atoms with Crippen molar-refractivity contribution in [2.45, 2.75) is 6.54 Å². The average Bonchev–Trinajstić information content (AvgIpc) is 2.32. The lowest BCUT2D eigenvalue weighted by Gasteiger charge is -2.05. The molecule has 16 heavy (non-hydrogen) atoms. The largest absolute Gasteiger partial charge is 0.439 e. The standard InChI is InChI=1S/C12H11FN2O/c13-9-4-6-11(7-5-9)16-12-3-1-2-10(8-14)15-12/h1-7H,8,14H2. The van der Waals surface area contributed by atoms with Gasteiger partial charge in [-0.2, -0.15) is 0 Å². The number of rotatable bonds is 3. The van der Waals surface area contributed by atoms with Crippen LogP contribution < -0.4 is 10.5 Å². The van der Waals surface area contributed by atoms with Gasteiger partial charge < -0.3 is 10.5 Å². The minimum Gasteiger partial charge on any atom is -0.439 e. The first-order valence-electron chi connectivity index (χ1n) is 4.87. The summed E-state index contributed by atoms with van der Waals surface area (Å²) in [5, 5.41) is 0. The van der Waals surface area contributed by atoms with Crippen molar-refractivity contribution in [1.29, 1.82) is 0 Å². The highest BCUT2D eigenvalue weighted by atomic mass is 19.1. The summed E-state index contributed by atoms with van der Waals surface area (Å²) in [7, 11) is 0. The van der Waals surface area contributed by atoms with E-state index in [0.717, 1.165) is 5.69 Å². The highest BCUT2D eigenvalue weighted by Gasteiger charge is 1.99. The van der Waals surface area contributed by atoms with Crippen molar-refractivity contribution >= 4 is 0 Å². The molecule has 0 radical (unpaired) electrons. The lowest BCUT2D eigenvalue weighted by molar-refractivity contribution is 0.459. The van der Waals surface area contributed by atoms with Gasteiger partial charge in [0.05, 0.1) is 5.69 Å². The third-order valence-electron chi connectivity index (χ3n) is 2.03. The Morgan fingerprint density at radius 1 is 1.12 bits per heavy atom. The van der Waals surface area contributed by atoms with E-state index in [1.807, 2.05) is 12.1 Å². The molecule has 0 bridgehead atoms. The van der Waals surface area contributed by atoms with E-state index in [9.17, 15) is 4.39 Å². The van der Waals surface area contributed by atoms with E-state index >= 15 is 0 Å². The van der Waals surface area contributed by atoms with E-state index in [1.165, 1.54) is 12.1 Å². The van der Waals surface area contributed by atoms with Crippen molar-refractivity contribution in [3.05, 3.63) is 54.0 Å². The second-order valence-electron chi connectivity index (χ2n) is 3.23. The number of hydrogen-bond donors (Lipinski definition) is 1. The van der Waals surface area contributed by atoms with Gasteiger partial charge in [-0.1, -0.05) is 6.07 Å². The van der Waals surface area contributed by atoms with Gasteiger partial charge in [0.2, 0.25) is 5.88 Å². The highest BCUT2D eigenvalue weighted by molar-refractivity contribution is 5.27. The van der Waals surface area contributed by atoms with Crippen LogP contribution >= 0.6 is 0 Å². The van der Waals surface area contributed by atoms with Crippen LogP contribution in [0, 0.1) is 5.82 Å². The summed E-state index contributed by atoms with van der Waals surface area (Å²) in [5.74, 6) is 0.702. The summed E-state index contributed by atoms with van der Waals surface area (Å²) in [6.07, 6.45) is 0. The number of ether oxygens (including phenoxy) is 1. The summed E-state index contributed by atoms with van der Waals surface area (Å²) in [6, 6.07) is 11.1. The maximum atomic E-state index is 12.7. The van der Waals surface area contributed by atoms with Gasteiger partial charge in [-0.05, 0) is 30.3 Å². The number of halogens is 1. The fourth-order valence-corrected chi connectivity index (χ4v) is 1.25. The maximum Gasteiger partial charge on any atom is 0.219 e. The van der Waals surface area contributed by atoms with Gasteiger partial charge in [0.1, 0.15) is 11.6 Å². The summed E-state index contributed by atoms with van der Waals surface area (Å²) < 4.78 is 18.1. The Kier molecular flexibility index (Phi) is 3.12. The van der Waals surface area contributed by atoms with Crippen LogP contribution in [0.15, 0.2) is 42.5 Å². The molecule has 82 valence electrons. The van der Waals surface area contributed by atoms with Crippen molar-refractivity contribution in [3.63, 3.8) is 0 Å². The van der Waals surface area contributed by atoms with Crippen LogP contribution in [-0.2, 0) is 6.54 Å². The van der Waals surface area contributed by atoms with Gasteiger partial charge in [-0.15, -0.1) is 0 Å². The van der Waals surface area contributed by atoms with Gasteiger partial charge in [-0.25, -0.2) is 9.37 Å². The zero-order valence-electron chi connectivity index (χ0n) is 8.56. The summed E-state index contributed by atoms with van der Waals surface area (Å²) in [5.41, 5.74) is 6.21. The molecule has 3 nitrogen and oxygen atoms in total. The fraction of sp³-hybridized carbons (Fsp3) is 0.0833. The molecular formula is C12H11FN2O. The van der Waals surface area contributed by atoms with Crippen molar-refractivity contribution in [2.24, 2.45) is 5.73 Å². The molecule has 4 heteroatoms. The smallest absolute Gasteiger partial charge is 0.219 e. The second-order valence-corrected chi connectivity index (χ2v) is 3.23. The first-order chi connectivity index (χ1) is 7.78. The lowest BCUT2D eigenvalue weighted by atomic mass is 10.3. The van der Waals surface area contributed by atoms with Gasteiger partial charge in [-0.3, -0.25) is 0 Å². The SMILES string of the molecule is NCc1cccc(Oc2ccc(F)cc2)n1. The molecule has 1 aromatic heterocycles. The topological polar surface area (TPSA) is 48.1 Å². The van der Waals surface area contributed by atoms with Crippen molar-refractivity contribution in [2.75, 3.05) is 0 Å². The molecule has 0 aliphatic carbocycles. The van der Waals surface area contributed by atoms with Crippen molar-refractivity contribution < 1.29 is 9.13 Å². The molecule has 0 fully saturated rings. The zero-order valence-corrected chi connectivity index (χ0v) is 8.56. The Hall–Kier alpha value is -1.94. The number of nitrogens with zero attached hydrogens (tertiary/aromatic N) is 1. The number of benzene rings is 1. The number of hydrogen-bond acceptors (Lipinski definition) is 3. The molecule has 2 rings (SSSR count). The third-order valence-corrected chi connectivity index (χ3v) is 2.03. The van der Waals surface area contributed by atoms with Gasteiger partial charge in [0.15, 0.2) is 0 Å². The predicted octanol–water partition coefficient (Wildman–Crippen LogP) is 2.47. The first-order valence-corrected chi connectivity index (χ1v) is 4.87. The average molecular weight is 218 g/mol. The summed E-state index contributed by atoms with van der Waals surface area (Å²) in [6.45, 7) is 0.362. The van der Waals surface area contributed by atoms with E-state index in [-0.39, 0.29) is 5.82 Å². The molecule has 0 unspecified atom stereocenters. The van der Waals surface area contributed by atoms with Gasteiger partial charge in [0, 0.05) is 12.6 Å². The van der Waals surface area contributed by atoms with Crippen LogP contribution in [-0.4, -0.2) is 4.98 Å².